The summed E-state index contributed by atoms with van der Waals surface area (Å²) in [6.07, 6.45) is 1.24. The van der Waals surface area contributed by atoms with Crippen molar-refractivity contribution in [1.82, 2.24) is 0 Å². The van der Waals surface area contributed by atoms with E-state index < -0.39 is 0 Å². The van der Waals surface area contributed by atoms with Crippen LogP contribution in [-0.2, 0) is 31.9 Å². The van der Waals surface area contributed by atoms with Crippen LogP contribution in [0.4, 0.5) is 17.1 Å². The number of hydrogen-bond acceptors (Lipinski definition) is 5. The largest absolute Gasteiger partial charge is 0.462 e. The summed E-state index contributed by atoms with van der Waals surface area (Å²) in [6, 6.07) is 31.7. The third-order valence-electron chi connectivity index (χ3n) is 7.30. The first-order chi connectivity index (χ1) is 20.6. The molecule has 5 heteroatoms. The quantitative estimate of drug-likeness (QED) is 0.125. The summed E-state index contributed by atoms with van der Waals surface area (Å²) in [5.74, 6) is -0.742. The Morgan fingerprint density at radius 2 is 0.977 bits per heavy atom. The Labute approximate surface area is 255 Å². The standard InChI is InChI=1S/C38H39NO4/c1-26(2)37(40)42-23-21-30-8-15-34(16-9-30)39(35-17-10-31(11-18-35)22-24-43-38(41)27(3)4)36-19-13-32(14-20-36)33-12-7-28(5)29(6)25-33/h7-20,25H,1,3,21-24H2,2,4-6H3. The minimum Gasteiger partial charge on any atom is -0.462 e. The first kappa shape index (κ1) is 31.0. The van der Waals surface area contributed by atoms with Gasteiger partial charge in [-0.3, -0.25) is 0 Å². The van der Waals surface area contributed by atoms with Crippen LogP contribution in [0.5, 0.6) is 0 Å². The number of anilines is 3. The highest BCUT2D eigenvalue weighted by Gasteiger charge is 2.14. The fourth-order valence-electron chi connectivity index (χ4n) is 4.56. The zero-order chi connectivity index (χ0) is 30.9. The molecule has 0 unspecified atom stereocenters. The SMILES string of the molecule is C=C(C)C(=O)OCCc1ccc(N(c2ccc(CCOC(=O)C(=C)C)cc2)c2ccc(-c3ccc(C)c(C)c3)cc2)cc1. The maximum atomic E-state index is 11.7. The average Bonchev–Trinajstić information content (AvgIpc) is 3.00. The van der Waals surface area contributed by atoms with Crippen molar-refractivity contribution in [2.24, 2.45) is 0 Å². The molecule has 0 fully saturated rings. The molecule has 0 spiro atoms. The van der Waals surface area contributed by atoms with Gasteiger partial charge in [0.1, 0.15) is 0 Å². The van der Waals surface area contributed by atoms with E-state index in [0.717, 1.165) is 33.8 Å². The summed E-state index contributed by atoms with van der Waals surface area (Å²) in [5, 5.41) is 0. The molecule has 4 aromatic rings. The van der Waals surface area contributed by atoms with Gasteiger partial charge >= 0.3 is 11.9 Å². The molecule has 0 amide bonds. The fraction of sp³-hybridized carbons (Fsp3) is 0.211. The van der Waals surface area contributed by atoms with E-state index in [1.165, 1.54) is 16.7 Å². The minimum atomic E-state index is -0.371. The highest BCUT2D eigenvalue weighted by atomic mass is 16.5. The van der Waals surface area contributed by atoms with E-state index in [4.69, 9.17) is 9.47 Å². The van der Waals surface area contributed by atoms with Crippen molar-refractivity contribution in [3.63, 3.8) is 0 Å². The molecule has 0 aliphatic carbocycles. The molecule has 0 bridgehead atoms. The lowest BCUT2D eigenvalue weighted by Crippen LogP contribution is -2.11. The molecular formula is C38H39NO4. The lowest BCUT2D eigenvalue weighted by Gasteiger charge is -2.26. The predicted molar refractivity (Wildman–Crippen MR) is 175 cm³/mol. The van der Waals surface area contributed by atoms with Crippen molar-refractivity contribution in [3.8, 4) is 11.1 Å². The molecule has 0 aliphatic rings. The van der Waals surface area contributed by atoms with E-state index in [0.29, 0.717) is 37.2 Å². The number of carbonyl (C=O) groups excluding carboxylic acids is 2. The van der Waals surface area contributed by atoms with E-state index in [1.54, 1.807) is 13.8 Å². The van der Waals surface area contributed by atoms with Crippen molar-refractivity contribution in [1.29, 1.82) is 0 Å². The number of hydrogen-bond donors (Lipinski definition) is 0. The molecule has 0 aliphatic heterocycles. The molecule has 4 aromatic carbocycles. The zero-order valence-electron chi connectivity index (χ0n) is 25.5. The number of carbonyl (C=O) groups is 2. The van der Waals surface area contributed by atoms with Gasteiger partial charge in [0.25, 0.3) is 0 Å². The summed E-state index contributed by atoms with van der Waals surface area (Å²) in [7, 11) is 0. The van der Waals surface area contributed by atoms with Crippen LogP contribution in [0.2, 0.25) is 0 Å². The molecule has 0 saturated carbocycles. The Balaban J connectivity index is 1.58. The van der Waals surface area contributed by atoms with Crippen LogP contribution in [0.1, 0.15) is 36.1 Å². The first-order valence-corrected chi connectivity index (χ1v) is 14.4. The maximum Gasteiger partial charge on any atom is 0.333 e. The second kappa shape index (κ2) is 14.3. The van der Waals surface area contributed by atoms with Gasteiger partial charge in [0.2, 0.25) is 0 Å². The van der Waals surface area contributed by atoms with Crippen LogP contribution in [-0.4, -0.2) is 25.2 Å². The van der Waals surface area contributed by atoms with Gasteiger partial charge in [-0.2, -0.15) is 0 Å². The van der Waals surface area contributed by atoms with Gasteiger partial charge in [0.15, 0.2) is 0 Å². The van der Waals surface area contributed by atoms with Gasteiger partial charge in [-0.25, -0.2) is 9.59 Å². The van der Waals surface area contributed by atoms with Crippen molar-refractivity contribution in [3.05, 3.63) is 138 Å². The zero-order valence-corrected chi connectivity index (χ0v) is 25.5. The molecule has 220 valence electrons. The molecule has 5 nitrogen and oxygen atoms in total. The van der Waals surface area contributed by atoms with Crippen LogP contribution < -0.4 is 4.90 Å². The van der Waals surface area contributed by atoms with Gasteiger partial charge in [-0.15, -0.1) is 0 Å². The third-order valence-corrected chi connectivity index (χ3v) is 7.30. The van der Waals surface area contributed by atoms with E-state index in [-0.39, 0.29) is 11.9 Å². The van der Waals surface area contributed by atoms with Gasteiger partial charge in [-0.05, 0) is 97.5 Å². The average molecular weight is 574 g/mol. The Bertz CT molecular complexity index is 1520. The smallest absolute Gasteiger partial charge is 0.333 e. The number of benzene rings is 4. The minimum absolute atomic E-state index is 0.303. The number of nitrogens with zero attached hydrogens (tertiary/aromatic N) is 1. The summed E-state index contributed by atoms with van der Waals surface area (Å²) < 4.78 is 10.5. The number of ether oxygens (including phenoxy) is 2. The van der Waals surface area contributed by atoms with Crippen LogP contribution in [0.15, 0.2) is 115 Å². The first-order valence-electron chi connectivity index (χ1n) is 14.4. The van der Waals surface area contributed by atoms with Gasteiger partial charge in [-0.1, -0.05) is 67.8 Å². The maximum absolute atomic E-state index is 11.7. The van der Waals surface area contributed by atoms with Crippen molar-refractivity contribution < 1.29 is 19.1 Å². The molecule has 0 saturated heterocycles. The lowest BCUT2D eigenvalue weighted by molar-refractivity contribution is -0.139. The van der Waals surface area contributed by atoms with Gasteiger partial charge in [0.05, 0.1) is 13.2 Å². The molecule has 0 atom stereocenters. The Morgan fingerprint density at radius 3 is 1.37 bits per heavy atom. The monoisotopic (exact) mass is 573 g/mol. The normalized spacial score (nSPS) is 10.6. The molecule has 0 heterocycles. The molecule has 0 radical (unpaired) electrons. The Hall–Kier alpha value is -4.90. The van der Waals surface area contributed by atoms with E-state index >= 15 is 0 Å². The van der Waals surface area contributed by atoms with Gasteiger partial charge < -0.3 is 14.4 Å². The van der Waals surface area contributed by atoms with E-state index in [9.17, 15) is 9.59 Å². The number of aryl methyl sites for hydroxylation is 2. The van der Waals surface area contributed by atoms with Crippen molar-refractivity contribution >= 4 is 29.0 Å². The highest BCUT2D eigenvalue weighted by Crippen LogP contribution is 2.36. The molecule has 0 N–H and O–H groups in total. The van der Waals surface area contributed by atoms with Crippen LogP contribution in [0, 0.1) is 13.8 Å². The Morgan fingerprint density at radius 1 is 0.581 bits per heavy atom. The molecule has 43 heavy (non-hydrogen) atoms. The van der Waals surface area contributed by atoms with Crippen LogP contribution in [0.3, 0.4) is 0 Å². The van der Waals surface area contributed by atoms with Crippen molar-refractivity contribution in [2.45, 2.75) is 40.5 Å². The summed E-state index contributed by atoms with van der Waals surface area (Å²) >= 11 is 0. The van der Waals surface area contributed by atoms with Gasteiger partial charge in [0, 0.05) is 41.1 Å². The second-order valence-corrected chi connectivity index (χ2v) is 10.8. The highest BCUT2D eigenvalue weighted by molar-refractivity contribution is 5.87. The van der Waals surface area contributed by atoms with Crippen LogP contribution in [0.25, 0.3) is 11.1 Å². The number of esters is 2. The van der Waals surface area contributed by atoms with Crippen molar-refractivity contribution in [2.75, 3.05) is 18.1 Å². The fourth-order valence-corrected chi connectivity index (χ4v) is 4.56. The summed E-state index contributed by atoms with van der Waals surface area (Å²) in [4.78, 5) is 25.7. The second-order valence-electron chi connectivity index (χ2n) is 10.8. The summed E-state index contributed by atoms with van der Waals surface area (Å²) in [5.41, 5.74) is 10.9. The van der Waals surface area contributed by atoms with E-state index in [1.807, 2.05) is 0 Å². The number of rotatable bonds is 12. The predicted octanol–water partition coefficient (Wildman–Crippen LogP) is 8.76. The molecular weight excluding hydrogens is 534 g/mol. The lowest BCUT2D eigenvalue weighted by atomic mass is 10.00. The summed E-state index contributed by atoms with van der Waals surface area (Å²) in [6.45, 7) is 15.4. The topological polar surface area (TPSA) is 55.8 Å². The third kappa shape index (κ3) is 8.32. The molecule has 4 rings (SSSR count). The van der Waals surface area contributed by atoms with Crippen LogP contribution >= 0.6 is 0 Å². The Kier molecular flexibility index (Phi) is 10.3. The molecule has 0 aromatic heterocycles. The van der Waals surface area contributed by atoms with E-state index in [2.05, 4.69) is 123 Å².